The molecule has 1 aromatic rings. The highest BCUT2D eigenvalue weighted by Gasteiger charge is 2.69. The third-order valence-electron chi connectivity index (χ3n) is 14.5. The summed E-state index contributed by atoms with van der Waals surface area (Å²) in [4.78, 5) is 14.3. The van der Waals surface area contributed by atoms with Crippen LogP contribution in [0.25, 0.3) is 0 Å². The molecule has 4 fully saturated rings. The summed E-state index contributed by atoms with van der Waals surface area (Å²) in [6.07, 6.45) is 12.5. The molecule has 4 saturated carbocycles. The summed E-state index contributed by atoms with van der Waals surface area (Å²) in [7, 11) is 0. The van der Waals surface area contributed by atoms with Gasteiger partial charge in [-0.2, -0.15) is 0 Å². The maximum Gasteiger partial charge on any atom is 0.227 e. The molecule has 0 heterocycles. The zero-order valence-electron chi connectivity index (χ0n) is 26.6. The number of amides is 1. The summed E-state index contributed by atoms with van der Waals surface area (Å²) in [5, 5.41) is 25.0. The minimum absolute atomic E-state index is 0.0635. The molecule has 0 saturated heterocycles. The van der Waals surface area contributed by atoms with E-state index in [4.69, 9.17) is 0 Å². The molecule has 0 bridgehead atoms. The molecule has 4 heteroatoms. The first-order valence-corrected chi connectivity index (χ1v) is 16.6. The number of aliphatic hydroxyl groups is 2. The first-order valence-electron chi connectivity index (χ1n) is 16.6. The first kappa shape index (κ1) is 29.4. The van der Waals surface area contributed by atoms with Crippen LogP contribution in [0.2, 0.25) is 0 Å². The molecule has 0 unspecified atom stereocenters. The van der Waals surface area contributed by atoms with Gasteiger partial charge in [0.1, 0.15) is 0 Å². The molecule has 6 rings (SSSR count). The average molecular weight is 562 g/mol. The molecule has 226 valence electrons. The Morgan fingerprint density at radius 2 is 1.61 bits per heavy atom. The van der Waals surface area contributed by atoms with E-state index < -0.39 is 11.5 Å². The van der Waals surface area contributed by atoms with E-state index in [1.807, 2.05) is 18.2 Å². The molecule has 5 aliphatic rings. The second-order valence-corrected chi connectivity index (χ2v) is 16.8. The fraction of sp³-hybridized carbons (Fsp3) is 0.757. The normalized spacial score (nSPS) is 46.7. The van der Waals surface area contributed by atoms with Crippen molar-refractivity contribution in [3.8, 4) is 0 Å². The summed E-state index contributed by atoms with van der Waals surface area (Å²) in [6.45, 7) is 15.3. The van der Waals surface area contributed by atoms with Crippen LogP contribution in [0.4, 0.5) is 0 Å². The number of allylic oxidation sites excluding steroid dienone is 2. The van der Waals surface area contributed by atoms with Gasteiger partial charge in [-0.05, 0) is 109 Å². The van der Waals surface area contributed by atoms with Crippen molar-refractivity contribution in [1.82, 2.24) is 5.32 Å². The van der Waals surface area contributed by atoms with Crippen molar-refractivity contribution >= 4 is 5.91 Å². The Kier molecular flexibility index (Phi) is 6.95. The van der Waals surface area contributed by atoms with Crippen molar-refractivity contribution in [3.63, 3.8) is 0 Å². The third-order valence-corrected chi connectivity index (χ3v) is 14.5. The first-order chi connectivity index (χ1) is 19.3. The standard InChI is InChI=1S/C37H55NO3/c1-32(2)18-20-37(31(41)38-23-25-10-8-7-9-11-25)21-19-35(5)26(27(37)22-32)12-13-29-33(3)16-15-30(40)34(4,24-39)28(33)14-17-36(29,35)6/h7-12,27-30,39-40H,13-24H2,1-6H3,(H,38,41)/t27-,28+,29+,30-,33-,34-,35+,36+,37-/m0/s1. The Hall–Kier alpha value is -1.65. The van der Waals surface area contributed by atoms with Crippen LogP contribution in [0, 0.1) is 50.2 Å². The molecular formula is C37H55NO3. The lowest BCUT2D eigenvalue weighted by Gasteiger charge is -2.71. The van der Waals surface area contributed by atoms with Crippen LogP contribution < -0.4 is 5.32 Å². The minimum Gasteiger partial charge on any atom is -0.396 e. The molecule has 9 atom stereocenters. The number of hydrogen-bond acceptors (Lipinski definition) is 3. The van der Waals surface area contributed by atoms with Crippen LogP contribution >= 0.6 is 0 Å². The van der Waals surface area contributed by atoms with E-state index in [1.54, 1.807) is 5.57 Å². The second-order valence-electron chi connectivity index (χ2n) is 16.8. The van der Waals surface area contributed by atoms with Gasteiger partial charge in [0, 0.05) is 12.0 Å². The van der Waals surface area contributed by atoms with E-state index >= 15 is 0 Å². The minimum atomic E-state index is -0.425. The lowest BCUT2D eigenvalue weighted by molar-refractivity contribution is -0.215. The van der Waals surface area contributed by atoms with E-state index in [0.29, 0.717) is 24.3 Å². The van der Waals surface area contributed by atoms with Gasteiger partial charge in [-0.1, -0.05) is 83.5 Å². The lowest BCUT2D eigenvalue weighted by Crippen LogP contribution is -2.66. The van der Waals surface area contributed by atoms with Gasteiger partial charge in [0.2, 0.25) is 5.91 Å². The van der Waals surface area contributed by atoms with Gasteiger partial charge < -0.3 is 15.5 Å². The molecule has 5 aliphatic carbocycles. The van der Waals surface area contributed by atoms with Crippen LogP contribution in [0.15, 0.2) is 42.0 Å². The van der Waals surface area contributed by atoms with Gasteiger partial charge in [0.15, 0.2) is 0 Å². The molecule has 1 aromatic carbocycles. The third kappa shape index (κ3) is 4.09. The van der Waals surface area contributed by atoms with Gasteiger partial charge in [0.05, 0.1) is 18.1 Å². The topological polar surface area (TPSA) is 69.6 Å². The van der Waals surface area contributed by atoms with Crippen LogP contribution in [0.3, 0.4) is 0 Å². The van der Waals surface area contributed by atoms with Gasteiger partial charge in [0.25, 0.3) is 0 Å². The largest absolute Gasteiger partial charge is 0.396 e. The molecule has 4 nitrogen and oxygen atoms in total. The van der Waals surface area contributed by atoms with Crippen LogP contribution in [0.5, 0.6) is 0 Å². The highest BCUT2D eigenvalue weighted by atomic mass is 16.3. The molecule has 3 N–H and O–H groups in total. The highest BCUT2D eigenvalue weighted by Crippen LogP contribution is 2.75. The van der Waals surface area contributed by atoms with Gasteiger partial charge in [-0.15, -0.1) is 0 Å². The van der Waals surface area contributed by atoms with Crippen molar-refractivity contribution < 1.29 is 15.0 Å². The predicted molar refractivity (Wildman–Crippen MR) is 165 cm³/mol. The quantitative estimate of drug-likeness (QED) is 0.335. The maximum atomic E-state index is 14.3. The monoisotopic (exact) mass is 561 g/mol. The van der Waals surface area contributed by atoms with Crippen molar-refractivity contribution in [2.75, 3.05) is 6.61 Å². The van der Waals surface area contributed by atoms with E-state index in [-0.39, 0.29) is 39.6 Å². The maximum absolute atomic E-state index is 14.3. The number of rotatable bonds is 4. The molecule has 0 radical (unpaired) electrons. The number of benzene rings is 1. The van der Waals surface area contributed by atoms with Gasteiger partial charge >= 0.3 is 0 Å². The molecule has 0 spiro atoms. The molecule has 1 amide bonds. The predicted octanol–water partition coefficient (Wildman–Crippen LogP) is 7.44. The Bertz CT molecular complexity index is 1210. The Balaban J connectivity index is 1.36. The molecule has 41 heavy (non-hydrogen) atoms. The molecule has 0 aromatic heterocycles. The summed E-state index contributed by atoms with van der Waals surface area (Å²) in [5.74, 6) is 1.42. The number of hydrogen-bond donors (Lipinski definition) is 3. The van der Waals surface area contributed by atoms with Crippen LogP contribution in [0.1, 0.15) is 111 Å². The summed E-state index contributed by atoms with van der Waals surface area (Å²) in [5.41, 5.74) is 2.56. The summed E-state index contributed by atoms with van der Waals surface area (Å²) >= 11 is 0. The van der Waals surface area contributed by atoms with E-state index in [0.717, 1.165) is 69.8 Å². The van der Waals surface area contributed by atoms with E-state index in [9.17, 15) is 15.0 Å². The zero-order valence-corrected chi connectivity index (χ0v) is 26.6. The number of carbonyl (C=O) groups is 1. The highest BCUT2D eigenvalue weighted by molar-refractivity contribution is 5.84. The Labute approximate surface area is 248 Å². The van der Waals surface area contributed by atoms with E-state index in [2.05, 4.69) is 65.1 Å². The Morgan fingerprint density at radius 1 is 0.902 bits per heavy atom. The number of aliphatic hydroxyl groups excluding tert-OH is 2. The Morgan fingerprint density at radius 3 is 2.32 bits per heavy atom. The zero-order chi connectivity index (χ0) is 29.5. The van der Waals surface area contributed by atoms with Crippen molar-refractivity contribution in [1.29, 1.82) is 0 Å². The summed E-state index contributed by atoms with van der Waals surface area (Å²) in [6, 6.07) is 10.3. The van der Waals surface area contributed by atoms with Gasteiger partial charge in [-0.3, -0.25) is 4.79 Å². The van der Waals surface area contributed by atoms with Gasteiger partial charge in [-0.25, -0.2) is 0 Å². The average Bonchev–Trinajstić information content (AvgIpc) is 2.94. The van der Waals surface area contributed by atoms with E-state index in [1.165, 1.54) is 0 Å². The van der Waals surface area contributed by atoms with Crippen molar-refractivity contribution in [3.05, 3.63) is 47.5 Å². The SMILES string of the molecule is CC1(C)CC[C@]2(C(=O)NCc3ccccc3)CC[C@]3(C)C(=CC[C@@H]4[C@@]5(C)CC[C@H](O)[C@@](C)(CO)[C@@H]5CC[C@]43C)[C@@H]2C1. The number of nitrogens with one attached hydrogen (secondary N) is 1. The molecule has 0 aliphatic heterocycles. The second kappa shape index (κ2) is 9.68. The van der Waals surface area contributed by atoms with Crippen molar-refractivity contribution in [2.24, 2.45) is 50.2 Å². The summed E-state index contributed by atoms with van der Waals surface area (Å²) < 4.78 is 0. The number of fused-ring (bicyclic) bond motifs is 7. The van der Waals surface area contributed by atoms with Crippen LogP contribution in [-0.4, -0.2) is 28.8 Å². The smallest absolute Gasteiger partial charge is 0.227 e. The number of carbonyl (C=O) groups excluding carboxylic acids is 1. The van der Waals surface area contributed by atoms with Crippen molar-refractivity contribution in [2.45, 2.75) is 118 Å². The molecular weight excluding hydrogens is 506 g/mol. The fourth-order valence-electron chi connectivity index (χ4n) is 11.6. The lowest BCUT2D eigenvalue weighted by atomic mass is 9.33. The fourth-order valence-corrected chi connectivity index (χ4v) is 11.6. The van der Waals surface area contributed by atoms with Crippen LogP contribution in [-0.2, 0) is 11.3 Å².